The Morgan fingerprint density at radius 3 is 2.09 bits per heavy atom. The van der Waals surface area contributed by atoms with E-state index in [1.165, 1.54) is 12.1 Å². The molecular formula is C36H34O8. The van der Waals surface area contributed by atoms with Crippen molar-refractivity contribution in [2.24, 2.45) is 0 Å². The summed E-state index contributed by atoms with van der Waals surface area (Å²) in [5.74, 6) is -1.27. The lowest BCUT2D eigenvalue weighted by molar-refractivity contribution is -0.150. The van der Waals surface area contributed by atoms with E-state index in [1.54, 1.807) is 31.2 Å². The van der Waals surface area contributed by atoms with Gasteiger partial charge in [-0.05, 0) is 103 Å². The van der Waals surface area contributed by atoms with Crippen LogP contribution in [-0.2, 0) is 19.1 Å². The highest BCUT2D eigenvalue weighted by molar-refractivity contribution is 5.95. The zero-order valence-corrected chi connectivity index (χ0v) is 24.9. The molecular weight excluding hydrogens is 560 g/mol. The molecule has 0 bridgehead atoms. The average molecular weight is 595 g/mol. The summed E-state index contributed by atoms with van der Waals surface area (Å²) in [6.07, 6.45) is 5.71. The Hall–Kier alpha value is -4.98. The van der Waals surface area contributed by atoms with E-state index in [0.29, 0.717) is 28.4 Å². The van der Waals surface area contributed by atoms with E-state index in [0.717, 1.165) is 60.4 Å². The molecule has 1 fully saturated rings. The van der Waals surface area contributed by atoms with Crippen LogP contribution in [0, 0.1) is 6.92 Å². The van der Waals surface area contributed by atoms with Gasteiger partial charge in [-0.1, -0.05) is 38.6 Å². The highest BCUT2D eigenvalue weighted by Crippen LogP contribution is 2.47. The first-order valence-corrected chi connectivity index (χ1v) is 14.7. The fourth-order valence-corrected chi connectivity index (χ4v) is 5.63. The van der Waals surface area contributed by atoms with Crippen molar-refractivity contribution < 1.29 is 38.1 Å². The molecule has 8 nitrogen and oxygen atoms in total. The van der Waals surface area contributed by atoms with E-state index in [1.807, 2.05) is 25.1 Å². The van der Waals surface area contributed by atoms with Crippen molar-refractivity contribution in [1.82, 2.24) is 0 Å². The Bertz CT molecular complexity index is 1660. The van der Waals surface area contributed by atoms with Gasteiger partial charge in [0.05, 0.1) is 12.0 Å². The summed E-state index contributed by atoms with van der Waals surface area (Å²) in [6, 6.07) is 15.5. The van der Waals surface area contributed by atoms with Crippen LogP contribution in [0.4, 0.5) is 0 Å². The van der Waals surface area contributed by atoms with Crippen molar-refractivity contribution in [2.75, 3.05) is 0 Å². The molecule has 0 aromatic heterocycles. The highest BCUT2D eigenvalue weighted by atomic mass is 16.6. The van der Waals surface area contributed by atoms with Gasteiger partial charge in [0.15, 0.2) is 0 Å². The number of carbonyl (C=O) groups excluding carboxylic acids is 4. The standard InChI is InChI=1S/C36H34O8/c1-5-33(37)44-32-16-11-24(17-21(32)2)36(40)43-27-13-15-29-28-14-12-26(19-30(28)23(4)31(29)20-27)42-35(39)22(3)18-34(38)41-25-9-7-6-8-10-25/h5,11-17,19-20,23,25H,1,3,6-10,18H2,2,4H3. The molecule has 2 aliphatic rings. The molecule has 3 aromatic rings. The van der Waals surface area contributed by atoms with Crippen molar-refractivity contribution in [1.29, 1.82) is 0 Å². The fraction of sp³-hybridized carbons (Fsp3) is 0.278. The number of fused-ring (bicyclic) bond motifs is 3. The Labute approximate surface area is 256 Å². The van der Waals surface area contributed by atoms with Crippen LogP contribution in [0.15, 0.2) is 79.4 Å². The van der Waals surface area contributed by atoms with Gasteiger partial charge in [0, 0.05) is 17.6 Å². The predicted molar refractivity (Wildman–Crippen MR) is 164 cm³/mol. The summed E-state index contributed by atoms with van der Waals surface area (Å²) < 4.78 is 21.9. The molecule has 0 N–H and O–H groups in total. The summed E-state index contributed by atoms with van der Waals surface area (Å²) in [6.45, 7) is 10.9. The Morgan fingerprint density at radius 1 is 0.841 bits per heavy atom. The third-order valence-electron chi connectivity index (χ3n) is 7.97. The first kappa shape index (κ1) is 30.5. The monoisotopic (exact) mass is 594 g/mol. The SMILES string of the molecule is C=CC(=O)Oc1ccc(C(=O)Oc2ccc3c(c2)C(C)c2cc(OC(=O)C(=C)CC(=O)OC4CCCCC4)ccc2-3)cc1C. The Morgan fingerprint density at radius 2 is 1.48 bits per heavy atom. The van der Waals surface area contributed by atoms with E-state index >= 15 is 0 Å². The molecule has 3 aromatic carbocycles. The van der Waals surface area contributed by atoms with Crippen molar-refractivity contribution in [3.8, 4) is 28.4 Å². The van der Waals surface area contributed by atoms with Crippen molar-refractivity contribution in [3.05, 3.63) is 102 Å². The van der Waals surface area contributed by atoms with Gasteiger partial charge in [-0.2, -0.15) is 0 Å². The summed E-state index contributed by atoms with van der Waals surface area (Å²) in [5, 5.41) is 0. The molecule has 0 heterocycles. The smallest absolute Gasteiger partial charge is 0.343 e. The third kappa shape index (κ3) is 6.80. The first-order valence-electron chi connectivity index (χ1n) is 14.7. The summed E-state index contributed by atoms with van der Waals surface area (Å²) >= 11 is 0. The molecule has 1 unspecified atom stereocenters. The number of carbonyl (C=O) groups is 4. The minimum Gasteiger partial charge on any atom is -0.462 e. The lowest BCUT2D eigenvalue weighted by Gasteiger charge is -2.21. The lowest BCUT2D eigenvalue weighted by atomic mass is 9.98. The lowest BCUT2D eigenvalue weighted by Crippen LogP contribution is -2.22. The van der Waals surface area contributed by atoms with Gasteiger partial charge >= 0.3 is 23.9 Å². The van der Waals surface area contributed by atoms with Crippen LogP contribution >= 0.6 is 0 Å². The van der Waals surface area contributed by atoms with Crippen LogP contribution < -0.4 is 14.2 Å². The maximum Gasteiger partial charge on any atom is 0.343 e. The van der Waals surface area contributed by atoms with Crippen LogP contribution in [0.25, 0.3) is 11.1 Å². The largest absolute Gasteiger partial charge is 0.462 e. The molecule has 0 radical (unpaired) electrons. The van der Waals surface area contributed by atoms with E-state index in [9.17, 15) is 19.2 Å². The van der Waals surface area contributed by atoms with E-state index in [2.05, 4.69) is 13.2 Å². The first-order chi connectivity index (χ1) is 21.1. The molecule has 0 saturated heterocycles. The van der Waals surface area contributed by atoms with Crippen LogP contribution in [0.5, 0.6) is 17.2 Å². The van der Waals surface area contributed by atoms with E-state index in [-0.39, 0.29) is 24.0 Å². The molecule has 5 rings (SSSR count). The number of hydrogen-bond donors (Lipinski definition) is 0. The zero-order valence-electron chi connectivity index (χ0n) is 24.9. The Balaban J connectivity index is 1.22. The van der Waals surface area contributed by atoms with E-state index in [4.69, 9.17) is 18.9 Å². The number of ether oxygens (including phenoxy) is 4. The molecule has 8 heteroatoms. The Kier molecular flexibility index (Phi) is 9.09. The number of esters is 4. The summed E-state index contributed by atoms with van der Waals surface area (Å²) in [4.78, 5) is 49.4. The quantitative estimate of drug-likeness (QED) is 0.146. The summed E-state index contributed by atoms with van der Waals surface area (Å²) in [5.41, 5.74) is 4.85. The molecule has 1 saturated carbocycles. The van der Waals surface area contributed by atoms with Crippen molar-refractivity contribution in [2.45, 2.75) is 64.4 Å². The van der Waals surface area contributed by atoms with E-state index < -0.39 is 23.9 Å². The zero-order chi connectivity index (χ0) is 31.4. The van der Waals surface area contributed by atoms with Gasteiger partial charge in [-0.15, -0.1) is 0 Å². The summed E-state index contributed by atoms with van der Waals surface area (Å²) in [7, 11) is 0. The number of benzene rings is 3. The molecule has 2 aliphatic carbocycles. The van der Waals surface area contributed by atoms with Gasteiger partial charge in [-0.25, -0.2) is 14.4 Å². The minimum atomic E-state index is -0.676. The minimum absolute atomic E-state index is 0.0386. The molecule has 44 heavy (non-hydrogen) atoms. The fourth-order valence-electron chi connectivity index (χ4n) is 5.63. The molecule has 1 atom stereocenters. The van der Waals surface area contributed by atoms with Crippen LogP contribution in [0.1, 0.15) is 78.4 Å². The average Bonchev–Trinajstić information content (AvgIpc) is 3.28. The topological polar surface area (TPSA) is 105 Å². The maximum absolute atomic E-state index is 12.9. The van der Waals surface area contributed by atoms with Crippen molar-refractivity contribution >= 4 is 23.9 Å². The normalized spacial score (nSPS) is 15.4. The van der Waals surface area contributed by atoms with Gasteiger partial charge in [0.2, 0.25) is 0 Å². The maximum atomic E-state index is 12.9. The molecule has 0 aliphatic heterocycles. The van der Waals surface area contributed by atoms with Gasteiger partial charge < -0.3 is 18.9 Å². The second-order valence-electron chi connectivity index (χ2n) is 11.1. The van der Waals surface area contributed by atoms with Crippen molar-refractivity contribution in [3.63, 3.8) is 0 Å². The second kappa shape index (κ2) is 13.1. The predicted octanol–water partition coefficient (Wildman–Crippen LogP) is 7.17. The number of hydrogen-bond acceptors (Lipinski definition) is 8. The molecule has 0 spiro atoms. The number of aryl methyl sites for hydroxylation is 1. The van der Waals surface area contributed by atoms with Gasteiger partial charge in [0.1, 0.15) is 23.4 Å². The van der Waals surface area contributed by atoms with Crippen LogP contribution in [0.2, 0.25) is 0 Å². The molecule has 0 amide bonds. The van der Waals surface area contributed by atoms with Crippen LogP contribution in [-0.4, -0.2) is 30.0 Å². The number of rotatable bonds is 9. The highest BCUT2D eigenvalue weighted by Gasteiger charge is 2.28. The van der Waals surface area contributed by atoms with Crippen LogP contribution in [0.3, 0.4) is 0 Å². The second-order valence-corrected chi connectivity index (χ2v) is 11.1. The van der Waals surface area contributed by atoms with Gasteiger partial charge in [-0.3, -0.25) is 4.79 Å². The van der Waals surface area contributed by atoms with Gasteiger partial charge in [0.25, 0.3) is 0 Å². The third-order valence-corrected chi connectivity index (χ3v) is 7.97. The molecule has 226 valence electrons.